The van der Waals surface area contributed by atoms with Crippen molar-refractivity contribution in [3.63, 3.8) is 0 Å². The summed E-state index contributed by atoms with van der Waals surface area (Å²) < 4.78 is 41.2. The van der Waals surface area contributed by atoms with Crippen molar-refractivity contribution < 1.29 is 32.6 Å². The molecule has 1 unspecified atom stereocenters. The van der Waals surface area contributed by atoms with Crippen LogP contribution in [-0.2, 0) is 14.2 Å². The van der Waals surface area contributed by atoms with E-state index in [9.17, 15) is 18.4 Å². The van der Waals surface area contributed by atoms with Crippen molar-refractivity contribution >= 4 is 12.2 Å². The summed E-state index contributed by atoms with van der Waals surface area (Å²) in [5.74, 6) is 0.527. The average Bonchev–Trinajstić information content (AvgIpc) is 2.86. The van der Waals surface area contributed by atoms with Gasteiger partial charge in [-0.3, -0.25) is 0 Å². The van der Waals surface area contributed by atoms with Crippen LogP contribution in [0.25, 0.3) is 0 Å². The van der Waals surface area contributed by atoms with Gasteiger partial charge in [0.1, 0.15) is 0 Å². The monoisotopic (exact) mass is 484 g/mol. The molecule has 1 aliphatic carbocycles. The van der Waals surface area contributed by atoms with E-state index in [2.05, 4.69) is 29.6 Å². The smallest absolute Gasteiger partial charge is 0.410 e. The molecule has 192 valence electrons. The van der Waals surface area contributed by atoms with Crippen molar-refractivity contribution in [3.05, 3.63) is 35.9 Å². The van der Waals surface area contributed by atoms with Gasteiger partial charge in [-0.15, -0.1) is 0 Å². The summed E-state index contributed by atoms with van der Waals surface area (Å²) in [6, 6.07) is 10.1. The number of carbonyl (C=O) groups excluding carboxylic acids is 2. The Morgan fingerprint density at radius 2 is 1.79 bits per heavy atom. The Kier molecular flexibility index (Phi) is 12.7. The lowest BCUT2D eigenvalue weighted by Gasteiger charge is -2.34. The lowest BCUT2D eigenvalue weighted by atomic mass is 9.83. The first-order valence-electron chi connectivity index (χ1n) is 12.2. The molecule has 7 nitrogen and oxygen atoms in total. The van der Waals surface area contributed by atoms with Gasteiger partial charge in [0.2, 0.25) is 0 Å². The minimum absolute atomic E-state index is 0.0881. The first-order valence-corrected chi connectivity index (χ1v) is 12.2. The van der Waals surface area contributed by atoms with Gasteiger partial charge in [0, 0.05) is 13.6 Å². The van der Waals surface area contributed by atoms with Crippen molar-refractivity contribution in [2.75, 3.05) is 33.4 Å². The predicted octanol–water partition coefficient (Wildman–Crippen LogP) is 5.35. The lowest BCUT2D eigenvalue weighted by Crippen LogP contribution is -2.45. The number of carbonyl (C=O) groups is 2. The SMILES string of the molecule is CCCN(C(=O)OCC(F)F)C(CCCOC(=O)NC)COC1CCC(c2ccccc2)CC1. The highest BCUT2D eigenvalue weighted by molar-refractivity contribution is 5.68. The average molecular weight is 485 g/mol. The molecule has 1 aromatic carbocycles. The second kappa shape index (κ2) is 15.5. The topological polar surface area (TPSA) is 77.1 Å². The predicted molar refractivity (Wildman–Crippen MR) is 125 cm³/mol. The van der Waals surface area contributed by atoms with E-state index >= 15 is 0 Å². The summed E-state index contributed by atoms with van der Waals surface area (Å²) in [5.41, 5.74) is 1.35. The van der Waals surface area contributed by atoms with E-state index in [4.69, 9.17) is 14.2 Å². The molecule has 1 aliphatic rings. The maximum atomic E-state index is 12.6. The van der Waals surface area contributed by atoms with Gasteiger partial charge in [-0.1, -0.05) is 37.3 Å². The number of ether oxygens (including phenoxy) is 3. The summed E-state index contributed by atoms with van der Waals surface area (Å²) in [4.78, 5) is 25.3. The Balaban J connectivity index is 1.93. The third kappa shape index (κ3) is 9.83. The van der Waals surface area contributed by atoms with Gasteiger partial charge in [-0.25, -0.2) is 18.4 Å². The first kappa shape index (κ1) is 27.8. The standard InChI is InChI=1S/C25H38F2N2O5/c1-3-15-29(25(31)34-18-23(26)27)21(10-7-16-32-24(30)28-2)17-33-22-13-11-20(12-14-22)19-8-5-4-6-9-19/h4-6,8-9,20-23H,3,7,10-18H2,1-2H3,(H,28,30). The number of hydrogen-bond donors (Lipinski definition) is 1. The van der Waals surface area contributed by atoms with Crippen LogP contribution in [0.3, 0.4) is 0 Å². The van der Waals surface area contributed by atoms with Crippen LogP contribution in [0.1, 0.15) is 63.4 Å². The Morgan fingerprint density at radius 1 is 1.09 bits per heavy atom. The van der Waals surface area contributed by atoms with E-state index in [1.807, 2.05) is 13.0 Å². The van der Waals surface area contributed by atoms with Crippen LogP contribution >= 0.6 is 0 Å². The number of hydrogen-bond acceptors (Lipinski definition) is 5. The Bertz CT molecular complexity index is 715. The largest absolute Gasteiger partial charge is 0.450 e. The summed E-state index contributed by atoms with van der Waals surface area (Å²) in [7, 11) is 1.48. The fraction of sp³-hybridized carbons (Fsp3) is 0.680. The molecule has 1 aromatic rings. The molecule has 0 saturated heterocycles. The molecule has 0 radical (unpaired) electrons. The zero-order valence-electron chi connectivity index (χ0n) is 20.2. The van der Waals surface area contributed by atoms with Gasteiger partial charge in [0.25, 0.3) is 6.43 Å². The number of alkyl carbamates (subject to hydrolysis) is 1. The van der Waals surface area contributed by atoms with Crippen LogP contribution in [0.15, 0.2) is 30.3 Å². The van der Waals surface area contributed by atoms with Gasteiger partial charge in [0.15, 0.2) is 6.61 Å². The first-order chi connectivity index (χ1) is 16.4. The fourth-order valence-electron chi connectivity index (χ4n) is 4.30. The van der Waals surface area contributed by atoms with Crippen molar-refractivity contribution in [2.45, 2.75) is 76.4 Å². The molecule has 0 aromatic heterocycles. The van der Waals surface area contributed by atoms with Crippen LogP contribution in [0.2, 0.25) is 0 Å². The number of amides is 2. The summed E-state index contributed by atoms with van der Waals surface area (Å²) in [6.45, 7) is 1.81. The number of alkyl halides is 2. The molecule has 0 spiro atoms. The third-order valence-electron chi connectivity index (χ3n) is 6.06. The number of rotatable bonds is 13. The van der Waals surface area contributed by atoms with Gasteiger partial charge in [-0.05, 0) is 56.4 Å². The number of halogens is 2. The van der Waals surface area contributed by atoms with Crippen LogP contribution in [0.5, 0.6) is 0 Å². The Labute approximate surface area is 201 Å². The van der Waals surface area contributed by atoms with Crippen molar-refractivity contribution in [3.8, 4) is 0 Å². The zero-order chi connectivity index (χ0) is 24.8. The molecular weight excluding hydrogens is 446 g/mol. The maximum Gasteiger partial charge on any atom is 0.410 e. The van der Waals surface area contributed by atoms with Crippen molar-refractivity contribution in [2.24, 2.45) is 0 Å². The maximum absolute atomic E-state index is 12.6. The van der Waals surface area contributed by atoms with Gasteiger partial charge < -0.3 is 24.4 Å². The molecule has 1 fully saturated rings. The molecular formula is C25H38F2N2O5. The molecule has 2 amide bonds. The minimum Gasteiger partial charge on any atom is -0.450 e. The highest BCUT2D eigenvalue weighted by Crippen LogP contribution is 2.34. The molecule has 2 rings (SSSR count). The van der Waals surface area contributed by atoms with Gasteiger partial charge >= 0.3 is 12.2 Å². The highest BCUT2D eigenvalue weighted by atomic mass is 19.3. The number of nitrogens with one attached hydrogen (secondary N) is 1. The Morgan fingerprint density at radius 3 is 2.41 bits per heavy atom. The number of benzene rings is 1. The van der Waals surface area contributed by atoms with Crippen LogP contribution in [0, 0.1) is 0 Å². The molecule has 0 heterocycles. The molecule has 1 N–H and O–H groups in total. The lowest BCUT2D eigenvalue weighted by molar-refractivity contribution is -0.0213. The van der Waals surface area contributed by atoms with E-state index in [0.717, 1.165) is 25.7 Å². The molecule has 1 atom stereocenters. The second-order valence-corrected chi connectivity index (χ2v) is 8.56. The second-order valence-electron chi connectivity index (χ2n) is 8.56. The highest BCUT2D eigenvalue weighted by Gasteiger charge is 2.28. The molecule has 1 saturated carbocycles. The van der Waals surface area contributed by atoms with Crippen LogP contribution in [-0.4, -0.2) is 69.1 Å². The normalized spacial score (nSPS) is 18.9. The third-order valence-corrected chi connectivity index (χ3v) is 6.06. The zero-order valence-corrected chi connectivity index (χ0v) is 20.2. The molecule has 0 aliphatic heterocycles. The van der Waals surface area contributed by atoms with E-state index in [0.29, 0.717) is 31.7 Å². The summed E-state index contributed by atoms with van der Waals surface area (Å²) in [5, 5.41) is 2.38. The molecule has 9 heteroatoms. The van der Waals surface area contributed by atoms with Crippen LogP contribution in [0.4, 0.5) is 18.4 Å². The van der Waals surface area contributed by atoms with Crippen LogP contribution < -0.4 is 5.32 Å². The van der Waals surface area contributed by atoms with Gasteiger partial charge in [0.05, 0.1) is 25.4 Å². The molecule has 0 bridgehead atoms. The number of nitrogens with zero attached hydrogens (tertiary/aromatic N) is 1. The fourth-order valence-corrected chi connectivity index (χ4v) is 4.30. The van der Waals surface area contributed by atoms with E-state index in [1.54, 1.807) is 0 Å². The minimum atomic E-state index is -2.72. The quantitative estimate of drug-likeness (QED) is 0.382. The van der Waals surface area contributed by atoms with Crippen molar-refractivity contribution in [1.29, 1.82) is 0 Å². The van der Waals surface area contributed by atoms with Gasteiger partial charge in [-0.2, -0.15) is 0 Å². The Hall–Kier alpha value is -2.42. The summed E-state index contributed by atoms with van der Waals surface area (Å²) in [6.07, 6.45) is 1.66. The van der Waals surface area contributed by atoms with E-state index < -0.39 is 25.2 Å². The van der Waals surface area contributed by atoms with Crippen molar-refractivity contribution in [1.82, 2.24) is 10.2 Å². The molecule has 34 heavy (non-hydrogen) atoms. The van der Waals surface area contributed by atoms with E-state index in [1.165, 1.54) is 17.5 Å². The van der Waals surface area contributed by atoms with E-state index in [-0.39, 0.29) is 25.4 Å². The summed E-state index contributed by atoms with van der Waals surface area (Å²) >= 11 is 0.